The average Bonchev–Trinajstić information content (AvgIpc) is 2.85. The van der Waals surface area contributed by atoms with Crippen molar-refractivity contribution in [2.24, 2.45) is 0 Å². The fraction of sp³-hybridized carbons (Fsp3) is 0.462. The largest absolute Gasteiger partial charge is 0.504 e. The number of phenols is 2. The number of carbonyl (C=O) groups excluding carboxylic acids is 1. The molecule has 0 spiro atoms. The number of nitrogens with one attached hydrogen (secondary N) is 2. The van der Waals surface area contributed by atoms with Crippen molar-refractivity contribution in [2.45, 2.75) is 25.3 Å². The van der Waals surface area contributed by atoms with Crippen molar-refractivity contribution < 1.29 is 15.0 Å². The van der Waals surface area contributed by atoms with Crippen molar-refractivity contribution in [3.05, 3.63) is 23.8 Å². The Hall–Kier alpha value is -1.75. The summed E-state index contributed by atoms with van der Waals surface area (Å²) in [5.74, 6) is -1.00. The number of amides is 1. The maximum absolute atomic E-state index is 11.8. The monoisotopic (exact) mass is 250 g/mol. The minimum absolute atomic E-state index is 0.106. The van der Waals surface area contributed by atoms with Gasteiger partial charge in [0, 0.05) is 12.6 Å². The van der Waals surface area contributed by atoms with Crippen molar-refractivity contribution in [1.29, 1.82) is 0 Å². The van der Waals surface area contributed by atoms with E-state index in [1.807, 2.05) is 0 Å². The van der Waals surface area contributed by atoms with Crippen LogP contribution in [0.15, 0.2) is 18.2 Å². The Morgan fingerprint density at radius 1 is 1.44 bits per heavy atom. The molecular weight excluding hydrogens is 232 g/mol. The highest BCUT2D eigenvalue weighted by atomic mass is 16.3. The molecule has 1 heterocycles. The number of hydrogen-bond acceptors (Lipinski definition) is 4. The van der Waals surface area contributed by atoms with Gasteiger partial charge in [0.05, 0.1) is 5.56 Å². The highest BCUT2D eigenvalue weighted by molar-refractivity contribution is 5.97. The van der Waals surface area contributed by atoms with Gasteiger partial charge in [0.25, 0.3) is 5.91 Å². The third-order valence-electron chi connectivity index (χ3n) is 3.20. The second-order valence-electron chi connectivity index (χ2n) is 4.51. The first-order valence-corrected chi connectivity index (χ1v) is 6.21. The second kappa shape index (κ2) is 5.73. The van der Waals surface area contributed by atoms with Crippen LogP contribution in [0.1, 0.15) is 29.6 Å². The molecule has 5 heteroatoms. The molecular formula is C13H18N2O3. The van der Waals surface area contributed by atoms with Crippen LogP contribution in [0.25, 0.3) is 0 Å². The molecule has 1 aromatic rings. The molecule has 0 radical (unpaired) electrons. The minimum Gasteiger partial charge on any atom is -0.504 e. The molecule has 5 nitrogen and oxygen atoms in total. The Labute approximate surface area is 106 Å². The Morgan fingerprint density at radius 3 is 3.00 bits per heavy atom. The van der Waals surface area contributed by atoms with E-state index in [0.29, 0.717) is 12.6 Å². The Morgan fingerprint density at radius 2 is 2.28 bits per heavy atom. The quantitative estimate of drug-likeness (QED) is 0.600. The zero-order valence-corrected chi connectivity index (χ0v) is 10.1. The van der Waals surface area contributed by atoms with Crippen LogP contribution in [0.5, 0.6) is 11.5 Å². The fourth-order valence-corrected chi connectivity index (χ4v) is 2.17. The number of aromatic hydroxyl groups is 2. The molecule has 98 valence electrons. The molecule has 4 N–H and O–H groups in total. The lowest BCUT2D eigenvalue weighted by molar-refractivity contribution is 0.0949. The molecule has 1 atom stereocenters. The van der Waals surface area contributed by atoms with Crippen LogP contribution in [0.4, 0.5) is 0 Å². The molecule has 0 saturated carbocycles. The molecule has 0 bridgehead atoms. The maximum atomic E-state index is 11.8. The molecule has 1 aromatic carbocycles. The summed E-state index contributed by atoms with van der Waals surface area (Å²) in [4.78, 5) is 11.8. The van der Waals surface area contributed by atoms with Crippen LogP contribution in [-0.2, 0) is 0 Å². The number of carbonyl (C=O) groups is 1. The van der Waals surface area contributed by atoms with Crippen LogP contribution < -0.4 is 10.6 Å². The lowest BCUT2D eigenvalue weighted by atomic mass is 10.1. The lowest BCUT2D eigenvalue weighted by Crippen LogP contribution is -2.30. The summed E-state index contributed by atoms with van der Waals surface area (Å²) in [7, 11) is 0. The number of benzene rings is 1. The van der Waals surface area contributed by atoms with Crippen LogP contribution in [0.3, 0.4) is 0 Å². The zero-order chi connectivity index (χ0) is 13.0. The molecule has 1 unspecified atom stereocenters. The first-order chi connectivity index (χ1) is 8.68. The van der Waals surface area contributed by atoms with Crippen LogP contribution >= 0.6 is 0 Å². The Kier molecular flexibility index (Phi) is 4.04. The van der Waals surface area contributed by atoms with E-state index in [-0.39, 0.29) is 23.0 Å². The van der Waals surface area contributed by atoms with Gasteiger partial charge in [-0.3, -0.25) is 4.79 Å². The zero-order valence-electron chi connectivity index (χ0n) is 10.1. The van der Waals surface area contributed by atoms with Crippen LogP contribution in [0.2, 0.25) is 0 Å². The van der Waals surface area contributed by atoms with E-state index in [1.54, 1.807) is 0 Å². The van der Waals surface area contributed by atoms with Crippen LogP contribution in [-0.4, -0.2) is 35.3 Å². The highest BCUT2D eigenvalue weighted by Gasteiger charge is 2.16. The summed E-state index contributed by atoms with van der Waals surface area (Å²) in [5, 5.41) is 25.0. The molecule has 1 aliphatic rings. The SMILES string of the molecule is O=C(NCCC1CCCN1)c1cccc(O)c1O. The molecule has 2 rings (SSSR count). The number of phenolic OH excluding ortho intramolecular Hbond substituents is 2. The normalized spacial score (nSPS) is 18.8. The van der Waals surface area contributed by atoms with E-state index < -0.39 is 0 Å². The number of rotatable bonds is 4. The molecule has 0 aliphatic carbocycles. The summed E-state index contributed by atoms with van der Waals surface area (Å²) in [6, 6.07) is 4.83. The van der Waals surface area contributed by atoms with Gasteiger partial charge < -0.3 is 20.8 Å². The molecule has 0 aromatic heterocycles. The first-order valence-electron chi connectivity index (χ1n) is 6.21. The summed E-state index contributed by atoms with van der Waals surface area (Å²) in [6.45, 7) is 1.61. The topological polar surface area (TPSA) is 81.6 Å². The van der Waals surface area contributed by atoms with Gasteiger partial charge in [-0.15, -0.1) is 0 Å². The summed E-state index contributed by atoms with van der Waals surface area (Å²) in [6.07, 6.45) is 3.21. The van der Waals surface area contributed by atoms with Gasteiger partial charge in [-0.2, -0.15) is 0 Å². The fourth-order valence-electron chi connectivity index (χ4n) is 2.17. The third kappa shape index (κ3) is 2.92. The number of hydrogen-bond donors (Lipinski definition) is 4. The Balaban J connectivity index is 1.85. The van der Waals surface area contributed by atoms with Gasteiger partial charge in [0.2, 0.25) is 0 Å². The minimum atomic E-state index is -0.367. The third-order valence-corrected chi connectivity index (χ3v) is 3.20. The van der Waals surface area contributed by atoms with E-state index in [9.17, 15) is 15.0 Å². The molecule has 1 amide bonds. The smallest absolute Gasteiger partial charge is 0.255 e. The van der Waals surface area contributed by atoms with E-state index >= 15 is 0 Å². The van der Waals surface area contributed by atoms with Gasteiger partial charge in [0.1, 0.15) is 0 Å². The average molecular weight is 250 g/mol. The highest BCUT2D eigenvalue weighted by Crippen LogP contribution is 2.27. The summed E-state index contributed by atoms with van der Waals surface area (Å²) >= 11 is 0. The van der Waals surface area contributed by atoms with Gasteiger partial charge in [-0.25, -0.2) is 0 Å². The van der Waals surface area contributed by atoms with Crippen LogP contribution in [0, 0.1) is 0 Å². The van der Waals surface area contributed by atoms with Crippen molar-refractivity contribution in [1.82, 2.24) is 10.6 Å². The molecule has 1 fully saturated rings. The van der Waals surface area contributed by atoms with E-state index in [0.717, 1.165) is 19.4 Å². The number of para-hydroxylation sites is 1. The summed E-state index contributed by atoms with van der Waals surface area (Å²) in [5.41, 5.74) is 0.106. The molecule has 1 aliphatic heterocycles. The van der Waals surface area contributed by atoms with E-state index in [2.05, 4.69) is 10.6 Å². The van der Waals surface area contributed by atoms with Crippen molar-refractivity contribution in [3.63, 3.8) is 0 Å². The van der Waals surface area contributed by atoms with E-state index in [4.69, 9.17) is 0 Å². The van der Waals surface area contributed by atoms with Gasteiger partial charge in [-0.1, -0.05) is 6.07 Å². The van der Waals surface area contributed by atoms with Gasteiger partial charge in [0.15, 0.2) is 11.5 Å². The Bertz CT molecular complexity index is 428. The predicted octanol–water partition coefficient (Wildman–Crippen LogP) is 0.970. The summed E-state index contributed by atoms with van der Waals surface area (Å²) < 4.78 is 0. The standard InChI is InChI=1S/C13H18N2O3/c16-11-5-1-4-10(12(11)17)13(18)15-8-6-9-3-2-7-14-9/h1,4-5,9,14,16-17H,2-3,6-8H2,(H,15,18). The molecule has 1 saturated heterocycles. The molecule has 18 heavy (non-hydrogen) atoms. The first kappa shape index (κ1) is 12.7. The van der Waals surface area contributed by atoms with Crippen molar-refractivity contribution in [3.8, 4) is 11.5 Å². The van der Waals surface area contributed by atoms with E-state index in [1.165, 1.54) is 24.6 Å². The van der Waals surface area contributed by atoms with Gasteiger partial charge in [-0.05, 0) is 37.9 Å². The van der Waals surface area contributed by atoms with Crippen molar-refractivity contribution in [2.75, 3.05) is 13.1 Å². The lowest BCUT2D eigenvalue weighted by Gasteiger charge is -2.11. The predicted molar refractivity (Wildman–Crippen MR) is 67.7 cm³/mol. The van der Waals surface area contributed by atoms with Crippen molar-refractivity contribution >= 4 is 5.91 Å². The van der Waals surface area contributed by atoms with Gasteiger partial charge >= 0.3 is 0 Å². The second-order valence-corrected chi connectivity index (χ2v) is 4.51. The maximum Gasteiger partial charge on any atom is 0.255 e.